The molecule has 0 spiro atoms. The highest BCUT2D eigenvalue weighted by molar-refractivity contribution is 7.15. The maximum atomic E-state index is 12.5. The molecule has 25 heavy (non-hydrogen) atoms. The summed E-state index contributed by atoms with van der Waals surface area (Å²) >= 11 is 1.26. The lowest BCUT2D eigenvalue weighted by Crippen LogP contribution is -2.41. The summed E-state index contributed by atoms with van der Waals surface area (Å²) in [5, 5.41) is 6.37. The van der Waals surface area contributed by atoms with Gasteiger partial charge in [-0.1, -0.05) is 5.16 Å². The molecule has 10 heteroatoms. The van der Waals surface area contributed by atoms with Gasteiger partial charge in [0.15, 0.2) is 0 Å². The van der Waals surface area contributed by atoms with Crippen molar-refractivity contribution >= 4 is 17.4 Å². The van der Waals surface area contributed by atoms with Gasteiger partial charge in [0.25, 0.3) is 0 Å². The maximum absolute atomic E-state index is 12.5. The summed E-state index contributed by atoms with van der Waals surface area (Å²) in [6, 6.07) is 3.89. The second-order valence-corrected chi connectivity index (χ2v) is 7.44. The predicted molar refractivity (Wildman–Crippen MR) is 82.7 cm³/mol. The third kappa shape index (κ3) is 3.78. The van der Waals surface area contributed by atoms with Crippen molar-refractivity contribution in [1.29, 1.82) is 0 Å². The van der Waals surface area contributed by atoms with E-state index in [2.05, 4.69) is 20.0 Å². The third-order valence-corrected chi connectivity index (χ3v) is 5.10. The Bertz CT molecular complexity index is 780. The van der Waals surface area contributed by atoms with Crippen molar-refractivity contribution in [3.63, 3.8) is 0 Å². The van der Waals surface area contributed by atoms with E-state index in [1.54, 1.807) is 17.0 Å². The highest BCUT2D eigenvalue weighted by atomic mass is 32.1. The Hall–Kier alpha value is -2.10. The van der Waals surface area contributed by atoms with Gasteiger partial charge in [0.05, 0.1) is 11.4 Å². The third-order valence-electron chi connectivity index (χ3n) is 4.03. The number of aromatic nitrogens is 2. The lowest BCUT2D eigenvalue weighted by Gasteiger charge is -2.22. The first-order chi connectivity index (χ1) is 11.9. The van der Waals surface area contributed by atoms with Crippen LogP contribution in [0.2, 0.25) is 0 Å². The molecule has 0 aliphatic heterocycles. The topological polar surface area (TPSA) is 71.3 Å². The van der Waals surface area contributed by atoms with Crippen molar-refractivity contribution in [1.82, 2.24) is 20.4 Å². The van der Waals surface area contributed by atoms with Gasteiger partial charge in [-0.25, -0.2) is 4.79 Å². The summed E-state index contributed by atoms with van der Waals surface area (Å²) in [6.07, 6.45) is -0.652. The normalized spacial score (nSPS) is 17.6. The SMILES string of the molecule is O=C(NC1CC1)N(Cc1ccc(-c2noc(C(F)(F)F)n2)s1)C1CC1. The van der Waals surface area contributed by atoms with E-state index < -0.39 is 12.1 Å². The fourth-order valence-electron chi connectivity index (χ4n) is 2.43. The van der Waals surface area contributed by atoms with Crippen molar-refractivity contribution in [2.75, 3.05) is 0 Å². The Labute approximate surface area is 145 Å². The zero-order valence-corrected chi connectivity index (χ0v) is 13.9. The van der Waals surface area contributed by atoms with Crippen LogP contribution < -0.4 is 5.32 Å². The number of nitrogens with one attached hydrogen (secondary N) is 1. The molecule has 0 aromatic carbocycles. The number of halogens is 3. The summed E-state index contributed by atoms with van der Waals surface area (Å²) in [5.74, 6) is -1.45. The van der Waals surface area contributed by atoms with E-state index in [9.17, 15) is 18.0 Å². The van der Waals surface area contributed by atoms with E-state index in [-0.39, 0.29) is 23.9 Å². The maximum Gasteiger partial charge on any atom is 0.471 e. The molecule has 0 saturated heterocycles. The molecule has 6 nitrogen and oxygen atoms in total. The number of alkyl halides is 3. The minimum Gasteiger partial charge on any atom is -0.335 e. The minimum absolute atomic E-state index is 0.0705. The average molecular weight is 372 g/mol. The quantitative estimate of drug-likeness (QED) is 0.870. The summed E-state index contributed by atoms with van der Waals surface area (Å²) in [5.41, 5.74) is 0. The lowest BCUT2D eigenvalue weighted by atomic mass is 10.4. The molecule has 0 radical (unpaired) electrons. The zero-order chi connectivity index (χ0) is 17.6. The number of rotatable bonds is 5. The van der Waals surface area contributed by atoms with Crippen LogP contribution in [0, 0.1) is 0 Å². The molecule has 2 amide bonds. The first-order valence-corrected chi connectivity index (χ1v) is 8.79. The lowest BCUT2D eigenvalue weighted by molar-refractivity contribution is -0.159. The number of carbonyl (C=O) groups is 1. The van der Waals surface area contributed by atoms with Gasteiger partial charge in [-0.2, -0.15) is 18.2 Å². The molecule has 2 fully saturated rings. The molecule has 2 aliphatic rings. The minimum atomic E-state index is -4.66. The number of hydrogen-bond donors (Lipinski definition) is 1. The fraction of sp³-hybridized carbons (Fsp3) is 0.533. The largest absolute Gasteiger partial charge is 0.471 e. The summed E-state index contributed by atoms with van der Waals surface area (Å²) in [4.78, 5) is 18.9. The number of urea groups is 1. The average Bonchev–Trinajstić information content (AvgIpc) is 3.44. The number of nitrogens with zero attached hydrogens (tertiary/aromatic N) is 3. The van der Waals surface area contributed by atoms with Crippen LogP contribution >= 0.6 is 11.3 Å². The van der Waals surface area contributed by atoms with Crippen molar-refractivity contribution in [2.45, 2.75) is 50.5 Å². The van der Waals surface area contributed by atoms with Crippen molar-refractivity contribution in [2.24, 2.45) is 0 Å². The molecule has 1 N–H and O–H groups in total. The first kappa shape index (κ1) is 16.4. The molecular formula is C15H15F3N4O2S. The summed E-state index contributed by atoms with van der Waals surface area (Å²) in [7, 11) is 0. The van der Waals surface area contributed by atoms with Gasteiger partial charge in [-0.15, -0.1) is 11.3 Å². The van der Waals surface area contributed by atoms with Crippen LogP contribution in [0.3, 0.4) is 0 Å². The summed E-state index contributed by atoms with van der Waals surface area (Å²) in [6.45, 7) is 0.428. The predicted octanol–water partition coefficient (Wildman–Crippen LogP) is 3.65. The molecule has 2 heterocycles. The zero-order valence-electron chi connectivity index (χ0n) is 13.0. The van der Waals surface area contributed by atoms with Crippen LogP contribution in [0.25, 0.3) is 10.7 Å². The molecule has 0 bridgehead atoms. The molecule has 0 atom stereocenters. The Kier molecular flexibility index (Phi) is 3.94. The second kappa shape index (κ2) is 6.01. The standard InChI is InChI=1S/C15H15F3N4O2S/c16-15(17,18)13-20-12(21-24-13)11-6-5-10(25-11)7-22(9-3-4-9)14(23)19-8-1-2-8/h5-6,8-9H,1-4,7H2,(H,19,23). The first-order valence-electron chi connectivity index (χ1n) is 7.97. The number of hydrogen-bond acceptors (Lipinski definition) is 5. The van der Waals surface area contributed by atoms with Crippen LogP contribution in [-0.2, 0) is 12.7 Å². The number of thiophene rings is 1. The molecule has 0 unspecified atom stereocenters. The highest BCUT2D eigenvalue weighted by Crippen LogP contribution is 2.34. The highest BCUT2D eigenvalue weighted by Gasteiger charge is 2.39. The fourth-order valence-corrected chi connectivity index (χ4v) is 3.36. The van der Waals surface area contributed by atoms with Gasteiger partial charge in [0.2, 0.25) is 5.82 Å². The van der Waals surface area contributed by atoms with E-state index in [0.717, 1.165) is 30.6 Å². The van der Waals surface area contributed by atoms with Crippen LogP contribution in [-0.4, -0.2) is 33.2 Å². The molecule has 2 aliphatic carbocycles. The molecule has 134 valence electrons. The van der Waals surface area contributed by atoms with Crippen LogP contribution in [0.4, 0.5) is 18.0 Å². The molecule has 4 rings (SSSR count). The van der Waals surface area contributed by atoms with Crippen molar-refractivity contribution in [3.05, 3.63) is 22.9 Å². The number of carbonyl (C=O) groups excluding carboxylic acids is 1. The number of amides is 2. The molecular weight excluding hydrogens is 357 g/mol. The molecule has 2 aromatic heterocycles. The Morgan fingerprint density at radius 3 is 2.68 bits per heavy atom. The van der Waals surface area contributed by atoms with E-state index in [1.807, 2.05) is 0 Å². The monoisotopic (exact) mass is 372 g/mol. The summed E-state index contributed by atoms with van der Waals surface area (Å²) < 4.78 is 41.9. The Morgan fingerprint density at radius 2 is 2.08 bits per heavy atom. The van der Waals surface area contributed by atoms with Crippen molar-refractivity contribution < 1.29 is 22.5 Å². The van der Waals surface area contributed by atoms with Crippen molar-refractivity contribution in [3.8, 4) is 10.7 Å². The second-order valence-electron chi connectivity index (χ2n) is 6.27. The van der Waals surface area contributed by atoms with Crippen LogP contribution in [0.1, 0.15) is 36.5 Å². The van der Waals surface area contributed by atoms with E-state index >= 15 is 0 Å². The van der Waals surface area contributed by atoms with E-state index in [4.69, 9.17) is 0 Å². The Morgan fingerprint density at radius 1 is 1.32 bits per heavy atom. The van der Waals surface area contributed by atoms with Gasteiger partial charge in [0.1, 0.15) is 0 Å². The van der Waals surface area contributed by atoms with Crippen LogP contribution in [0.5, 0.6) is 0 Å². The van der Waals surface area contributed by atoms with Gasteiger partial charge in [-0.3, -0.25) is 0 Å². The van der Waals surface area contributed by atoms with Gasteiger partial charge in [-0.05, 0) is 37.8 Å². The Balaban J connectivity index is 1.46. The van der Waals surface area contributed by atoms with E-state index in [0.29, 0.717) is 11.4 Å². The van der Waals surface area contributed by atoms with Crippen LogP contribution in [0.15, 0.2) is 16.7 Å². The van der Waals surface area contributed by atoms with Gasteiger partial charge in [0, 0.05) is 17.0 Å². The molecule has 2 saturated carbocycles. The van der Waals surface area contributed by atoms with Gasteiger partial charge >= 0.3 is 18.1 Å². The molecule has 2 aromatic rings. The smallest absolute Gasteiger partial charge is 0.335 e. The van der Waals surface area contributed by atoms with E-state index in [1.165, 1.54) is 11.3 Å². The van der Waals surface area contributed by atoms with Gasteiger partial charge < -0.3 is 14.7 Å².